The quantitative estimate of drug-likeness (QED) is 0.169. The summed E-state index contributed by atoms with van der Waals surface area (Å²) in [7, 11) is 0. The molecule has 11 heteroatoms. The fraction of sp³-hybridized carbons (Fsp3) is 0.267. The van der Waals surface area contributed by atoms with Gasteiger partial charge < -0.3 is 4.74 Å². The van der Waals surface area contributed by atoms with E-state index in [1.54, 1.807) is 12.4 Å². The molecule has 0 N–H and O–H groups in total. The van der Waals surface area contributed by atoms with Crippen LogP contribution in [0.15, 0.2) is 54.9 Å². The molecule has 214 valence electrons. The maximum atomic E-state index is 15.0. The van der Waals surface area contributed by atoms with Gasteiger partial charge in [0.05, 0.1) is 0 Å². The van der Waals surface area contributed by atoms with Crippen LogP contribution in [0.5, 0.6) is 5.75 Å². The van der Waals surface area contributed by atoms with Crippen LogP contribution < -0.4 is 4.74 Å². The molecule has 3 nitrogen and oxygen atoms in total. The van der Waals surface area contributed by atoms with Crippen molar-refractivity contribution in [3.8, 4) is 28.3 Å². The Kier molecular flexibility index (Phi) is 7.72. The van der Waals surface area contributed by atoms with Gasteiger partial charge in [-0.25, -0.2) is 36.3 Å². The van der Waals surface area contributed by atoms with E-state index in [1.165, 1.54) is 12.1 Å². The number of ether oxygens (including phenoxy) is 1. The largest absolute Gasteiger partial charge is 0.432 e. The number of benzene rings is 3. The molecule has 1 heterocycles. The van der Waals surface area contributed by atoms with Crippen LogP contribution in [-0.4, -0.2) is 9.97 Å². The number of rotatable bonds is 6. The predicted octanol–water partition coefficient (Wildman–Crippen LogP) is 9.07. The summed E-state index contributed by atoms with van der Waals surface area (Å²) in [5.41, 5.74) is -1.28. The summed E-state index contributed by atoms with van der Waals surface area (Å²) < 4.78 is 118. The molecule has 1 aromatic heterocycles. The molecule has 41 heavy (non-hydrogen) atoms. The first-order valence-electron chi connectivity index (χ1n) is 12.8. The first-order valence-corrected chi connectivity index (χ1v) is 12.8. The van der Waals surface area contributed by atoms with Crippen LogP contribution in [0.2, 0.25) is 0 Å². The van der Waals surface area contributed by atoms with Gasteiger partial charge in [0, 0.05) is 35.7 Å². The number of alkyl halides is 2. The topological polar surface area (TPSA) is 35.0 Å². The van der Waals surface area contributed by atoms with Gasteiger partial charge >= 0.3 is 6.11 Å². The second kappa shape index (κ2) is 11.1. The lowest BCUT2D eigenvalue weighted by molar-refractivity contribution is -0.189. The second-order valence-electron chi connectivity index (χ2n) is 10.1. The summed E-state index contributed by atoms with van der Waals surface area (Å²) in [6.07, 6.45) is 2.98. The Labute approximate surface area is 229 Å². The van der Waals surface area contributed by atoms with E-state index in [1.807, 2.05) is 0 Å². The normalized spacial score (nSPS) is 17.5. The molecule has 0 saturated heterocycles. The van der Waals surface area contributed by atoms with Gasteiger partial charge in [0.1, 0.15) is 28.8 Å². The summed E-state index contributed by atoms with van der Waals surface area (Å²) in [6.45, 7) is 2.22. The number of nitrogens with zero attached hydrogens (tertiary/aromatic N) is 2. The van der Waals surface area contributed by atoms with E-state index in [-0.39, 0.29) is 23.5 Å². The monoisotopic (exact) mass is 578 g/mol. The molecule has 3 aromatic carbocycles. The molecule has 4 aromatic rings. The van der Waals surface area contributed by atoms with Crippen molar-refractivity contribution in [2.24, 2.45) is 5.92 Å². The maximum Gasteiger partial charge on any atom is 0.432 e. The lowest BCUT2D eigenvalue weighted by atomic mass is 9.80. The SMILES string of the molecule is CC1CCC(c2cnc(-c3ccc(-c4cc(F)c(C(F)(F)Oc5cc(F)c(F)c(F)c5)c(F)c4)c(F)c3)nc2)CC1. The van der Waals surface area contributed by atoms with E-state index in [0.29, 0.717) is 29.5 Å². The van der Waals surface area contributed by atoms with Gasteiger partial charge in [-0.05, 0) is 54.0 Å². The van der Waals surface area contributed by atoms with Gasteiger partial charge in [-0.2, -0.15) is 8.78 Å². The van der Waals surface area contributed by atoms with Crippen LogP contribution in [0.4, 0.5) is 35.1 Å². The third-order valence-electron chi connectivity index (χ3n) is 7.23. The highest BCUT2D eigenvalue weighted by Gasteiger charge is 2.41. The van der Waals surface area contributed by atoms with E-state index < -0.39 is 57.9 Å². The Hall–Kier alpha value is -4.02. The van der Waals surface area contributed by atoms with Crippen molar-refractivity contribution in [3.63, 3.8) is 0 Å². The smallest absolute Gasteiger partial charge is 0.429 e. The zero-order valence-corrected chi connectivity index (χ0v) is 21.5. The number of hydrogen-bond donors (Lipinski definition) is 0. The second-order valence-corrected chi connectivity index (χ2v) is 10.1. The molecule has 0 atom stereocenters. The number of aromatic nitrogens is 2. The maximum absolute atomic E-state index is 15.0. The minimum absolute atomic E-state index is 0.0983. The van der Waals surface area contributed by atoms with E-state index >= 15 is 4.39 Å². The average molecular weight is 579 g/mol. The van der Waals surface area contributed by atoms with Crippen LogP contribution >= 0.6 is 0 Å². The molecule has 0 amide bonds. The minimum Gasteiger partial charge on any atom is -0.429 e. The number of hydrogen-bond acceptors (Lipinski definition) is 3. The summed E-state index contributed by atoms with van der Waals surface area (Å²) in [5, 5.41) is 0. The Morgan fingerprint density at radius 3 is 1.83 bits per heavy atom. The molecule has 0 bridgehead atoms. The third-order valence-corrected chi connectivity index (χ3v) is 7.23. The molecule has 0 aliphatic heterocycles. The Balaban J connectivity index is 1.38. The van der Waals surface area contributed by atoms with Crippen molar-refractivity contribution in [1.29, 1.82) is 0 Å². The summed E-state index contributed by atoms with van der Waals surface area (Å²) in [4.78, 5) is 8.68. The fourth-order valence-electron chi connectivity index (χ4n) is 4.98. The lowest BCUT2D eigenvalue weighted by Gasteiger charge is -2.25. The first kappa shape index (κ1) is 28.5. The van der Waals surface area contributed by atoms with Crippen molar-refractivity contribution in [2.75, 3.05) is 0 Å². The van der Waals surface area contributed by atoms with Crippen molar-refractivity contribution < 1.29 is 39.9 Å². The number of halogens is 8. The predicted molar refractivity (Wildman–Crippen MR) is 134 cm³/mol. The summed E-state index contributed by atoms with van der Waals surface area (Å²) in [6, 6.07) is 4.82. The highest BCUT2D eigenvalue weighted by Crippen LogP contribution is 2.39. The van der Waals surface area contributed by atoms with Gasteiger partial charge in [-0.15, -0.1) is 0 Å². The molecule has 1 saturated carbocycles. The van der Waals surface area contributed by atoms with Gasteiger partial charge in [0.2, 0.25) is 0 Å². The molecule has 0 radical (unpaired) electrons. The Morgan fingerprint density at radius 2 is 1.27 bits per heavy atom. The van der Waals surface area contributed by atoms with Crippen molar-refractivity contribution >= 4 is 0 Å². The standard InChI is InChI=1S/C30H22F8N2O/c1-15-2-4-16(5-3-15)19-13-39-29(40-14-19)17-6-7-21(22(31)8-17)18-9-23(32)27(24(33)10-18)30(37,38)41-20-11-25(34)28(36)26(35)12-20/h6-16H,2-5H2,1H3. The van der Waals surface area contributed by atoms with Crippen LogP contribution in [0, 0.1) is 40.8 Å². The summed E-state index contributed by atoms with van der Waals surface area (Å²) in [5.74, 6) is -10.1. The molecule has 0 unspecified atom stereocenters. The van der Waals surface area contributed by atoms with Crippen LogP contribution in [0.1, 0.15) is 49.7 Å². The van der Waals surface area contributed by atoms with Gasteiger partial charge in [0.25, 0.3) is 0 Å². The van der Waals surface area contributed by atoms with Crippen molar-refractivity contribution in [3.05, 3.63) is 101 Å². The van der Waals surface area contributed by atoms with E-state index in [2.05, 4.69) is 21.6 Å². The third kappa shape index (κ3) is 5.89. The van der Waals surface area contributed by atoms with E-state index in [0.717, 1.165) is 37.3 Å². The molecular formula is C30H22F8N2O. The minimum atomic E-state index is -4.76. The van der Waals surface area contributed by atoms with Crippen molar-refractivity contribution in [1.82, 2.24) is 9.97 Å². The average Bonchev–Trinajstić information content (AvgIpc) is 2.91. The fourth-order valence-corrected chi connectivity index (χ4v) is 4.98. The molecule has 0 spiro atoms. The highest BCUT2D eigenvalue weighted by atomic mass is 19.3. The molecular weight excluding hydrogens is 556 g/mol. The zero-order chi connectivity index (χ0) is 29.5. The first-order chi connectivity index (χ1) is 19.4. The Bertz CT molecular complexity index is 1540. The molecule has 1 fully saturated rings. The molecule has 5 rings (SSSR count). The van der Waals surface area contributed by atoms with Crippen LogP contribution in [-0.2, 0) is 6.11 Å². The van der Waals surface area contributed by atoms with Crippen LogP contribution in [0.25, 0.3) is 22.5 Å². The van der Waals surface area contributed by atoms with Gasteiger partial charge in [-0.1, -0.05) is 31.9 Å². The van der Waals surface area contributed by atoms with E-state index in [4.69, 9.17) is 0 Å². The van der Waals surface area contributed by atoms with Gasteiger partial charge in [0.15, 0.2) is 23.3 Å². The lowest BCUT2D eigenvalue weighted by Crippen LogP contribution is -2.25. The van der Waals surface area contributed by atoms with Gasteiger partial charge in [-0.3, -0.25) is 0 Å². The highest BCUT2D eigenvalue weighted by molar-refractivity contribution is 5.69. The Morgan fingerprint density at radius 1 is 0.707 bits per heavy atom. The molecule has 1 aliphatic rings. The zero-order valence-electron chi connectivity index (χ0n) is 21.5. The van der Waals surface area contributed by atoms with Crippen LogP contribution in [0.3, 0.4) is 0 Å². The summed E-state index contributed by atoms with van der Waals surface area (Å²) >= 11 is 0. The van der Waals surface area contributed by atoms with Crippen molar-refractivity contribution in [2.45, 2.75) is 44.6 Å². The van der Waals surface area contributed by atoms with E-state index in [9.17, 15) is 30.7 Å². The molecule has 1 aliphatic carbocycles.